The number of anilines is 1. The normalized spacial score (nSPS) is 11.5. The maximum atomic E-state index is 12.8. The number of amides is 1. The minimum absolute atomic E-state index is 0.00682. The Morgan fingerprint density at radius 2 is 1.88 bits per heavy atom. The van der Waals surface area contributed by atoms with Crippen molar-refractivity contribution in [3.05, 3.63) is 74.6 Å². The molecule has 0 saturated heterocycles. The lowest BCUT2D eigenvalue weighted by atomic mass is 10.0. The number of hydrogen-bond acceptors (Lipinski definition) is 6. The van der Waals surface area contributed by atoms with Crippen LogP contribution in [-0.4, -0.2) is 30.0 Å². The molecule has 168 valence electrons. The topological polar surface area (TPSA) is 109 Å². The van der Waals surface area contributed by atoms with Crippen molar-refractivity contribution in [2.24, 2.45) is 0 Å². The third kappa shape index (κ3) is 5.67. The van der Waals surface area contributed by atoms with Gasteiger partial charge in [-0.15, -0.1) is 0 Å². The molecule has 2 N–H and O–H groups in total. The Kier molecular flexibility index (Phi) is 7.58. The zero-order valence-corrected chi connectivity index (χ0v) is 20.9. The molecule has 3 rings (SSSR count). The summed E-state index contributed by atoms with van der Waals surface area (Å²) in [5, 5.41) is 2.94. The summed E-state index contributed by atoms with van der Waals surface area (Å²) < 4.78 is 26.4. The number of aromatic nitrogens is 2. The predicted octanol–water partition coefficient (Wildman–Crippen LogP) is 4.53. The van der Waals surface area contributed by atoms with Gasteiger partial charge in [-0.05, 0) is 54.3 Å². The molecule has 1 heterocycles. The lowest BCUT2D eigenvalue weighted by Crippen LogP contribution is -2.20. The summed E-state index contributed by atoms with van der Waals surface area (Å²) in [6.45, 7) is 5.94. The van der Waals surface area contributed by atoms with E-state index in [2.05, 4.69) is 45.1 Å². The number of aryl methyl sites for hydroxylation is 1. The first kappa shape index (κ1) is 24.2. The van der Waals surface area contributed by atoms with Crippen LogP contribution in [0.1, 0.15) is 30.9 Å². The van der Waals surface area contributed by atoms with Crippen molar-refractivity contribution in [1.82, 2.24) is 9.97 Å². The fourth-order valence-electron chi connectivity index (χ4n) is 2.83. The molecule has 10 heteroatoms. The smallest absolute Gasteiger partial charge is 0.270 e. The second kappa shape index (κ2) is 10.0. The summed E-state index contributed by atoms with van der Waals surface area (Å²) >= 11 is 4.33. The van der Waals surface area contributed by atoms with Crippen molar-refractivity contribution >= 4 is 49.1 Å². The van der Waals surface area contributed by atoms with Crippen LogP contribution in [0.5, 0.6) is 0 Å². The highest BCUT2D eigenvalue weighted by Gasteiger charge is 2.23. The molecule has 0 fully saturated rings. The number of benzene rings is 2. The third-order valence-electron chi connectivity index (χ3n) is 4.67. The van der Waals surface area contributed by atoms with Crippen LogP contribution in [-0.2, 0) is 14.6 Å². The van der Waals surface area contributed by atoms with Gasteiger partial charge in [0.1, 0.15) is 0 Å². The zero-order chi connectivity index (χ0) is 23.5. The van der Waals surface area contributed by atoms with Gasteiger partial charge in [0.25, 0.3) is 5.56 Å². The first-order valence-corrected chi connectivity index (χ1v) is 13.0. The SMILES string of the molecule is Cc1cc(S(=O)(=O)c2cnc(SCC(=O)Nc3ccc(C(C)C)cc3)[nH]c2=O)ccc1Br. The van der Waals surface area contributed by atoms with Crippen molar-refractivity contribution in [2.45, 2.75) is 41.6 Å². The Bertz CT molecular complexity index is 1300. The van der Waals surface area contributed by atoms with E-state index in [1.807, 2.05) is 24.3 Å². The van der Waals surface area contributed by atoms with Gasteiger partial charge in [0.05, 0.1) is 16.8 Å². The second-order valence-corrected chi connectivity index (χ2v) is 11.1. The van der Waals surface area contributed by atoms with E-state index in [0.29, 0.717) is 11.6 Å². The van der Waals surface area contributed by atoms with Crippen LogP contribution in [0.2, 0.25) is 0 Å². The third-order valence-corrected chi connectivity index (χ3v) is 8.20. The number of H-pyrrole nitrogens is 1. The van der Waals surface area contributed by atoms with Crippen LogP contribution < -0.4 is 10.9 Å². The van der Waals surface area contributed by atoms with Gasteiger partial charge in [0, 0.05) is 10.2 Å². The van der Waals surface area contributed by atoms with Gasteiger partial charge in [-0.1, -0.05) is 53.7 Å². The quantitative estimate of drug-likeness (QED) is 0.339. The van der Waals surface area contributed by atoms with E-state index in [-0.39, 0.29) is 21.7 Å². The Labute approximate surface area is 199 Å². The number of carbonyl (C=O) groups excluding carboxylic acids is 1. The van der Waals surface area contributed by atoms with Crippen molar-refractivity contribution in [1.29, 1.82) is 0 Å². The van der Waals surface area contributed by atoms with Crippen LogP contribution in [0.15, 0.2) is 72.9 Å². The van der Waals surface area contributed by atoms with Crippen LogP contribution >= 0.6 is 27.7 Å². The number of aromatic amines is 1. The summed E-state index contributed by atoms with van der Waals surface area (Å²) in [7, 11) is -4.02. The molecule has 0 radical (unpaired) electrons. The molecule has 1 aromatic heterocycles. The van der Waals surface area contributed by atoms with Crippen molar-refractivity contribution in [3.8, 4) is 0 Å². The van der Waals surface area contributed by atoms with Gasteiger partial charge in [0.15, 0.2) is 10.1 Å². The standard InChI is InChI=1S/C22H22BrN3O4S2/c1-13(2)15-4-6-16(7-5-15)25-20(27)12-31-22-24-11-19(21(28)26-22)32(29,30)17-8-9-18(23)14(3)10-17/h4-11,13H,12H2,1-3H3,(H,25,27)(H,24,26,28). The average molecular weight is 536 g/mol. The summed E-state index contributed by atoms with van der Waals surface area (Å²) in [6.07, 6.45) is 1.02. The number of carbonyl (C=O) groups is 1. The first-order valence-electron chi connectivity index (χ1n) is 9.71. The fourth-order valence-corrected chi connectivity index (χ4v) is 5.02. The Hall–Kier alpha value is -2.43. The lowest BCUT2D eigenvalue weighted by molar-refractivity contribution is -0.113. The second-order valence-electron chi connectivity index (χ2n) is 7.41. The van der Waals surface area contributed by atoms with Crippen molar-refractivity contribution < 1.29 is 13.2 Å². The van der Waals surface area contributed by atoms with E-state index >= 15 is 0 Å². The molecule has 1 amide bonds. The number of rotatable bonds is 7. The highest BCUT2D eigenvalue weighted by atomic mass is 79.9. The summed E-state index contributed by atoms with van der Waals surface area (Å²) in [5.74, 6) is 0.141. The van der Waals surface area contributed by atoms with Gasteiger partial charge in [-0.25, -0.2) is 13.4 Å². The maximum absolute atomic E-state index is 12.8. The molecule has 32 heavy (non-hydrogen) atoms. The zero-order valence-electron chi connectivity index (χ0n) is 17.7. The monoisotopic (exact) mass is 535 g/mol. The van der Waals surface area contributed by atoms with E-state index in [4.69, 9.17) is 0 Å². The Morgan fingerprint density at radius 3 is 2.47 bits per heavy atom. The Balaban J connectivity index is 1.68. The molecule has 0 saturated carbocycles. The minimum Gasteiger partial charge on any atom is -0.325 e. The molecular formula is C22H22BrN3O4S2. The van der Waals surface area contributed by atoms with Crippen LogP contribution in [0.25, 0.3) is 0 Å². The molecule has 2 aromatic carbocycles. The molecule has 0 aliphatic carbocycles. The lowest BCUT2D eigenvalue weighted by Gasteiger charge is -2.09. The number of sulfone groups is 1. The van der Waals surface area contributed by atoms with Crippen LogP contribution in [0.3, 0.4) is 0 Å². The summed E-state index contributed by atoms with van der Waals surface area (Å²) in [6, 6.07) is 12.1. The molecule has 0 spiro atoms. The summed E-state index contributed by atoms with van der Waals surface area (Å²) in [5.41, 5.74) is 1.79. The summed E-state index contributed by atoms with van der Waals surface area (Å²) in [4.78, 5) is 30.7. The number of nitrogens with zero attached hydrogens (tertiary/aromatic N) is 1. The Morgan fingerprint density at radius 1 is 1.19 bits per heavy atom. The van der Waals surface area contributed by atoms with Gasteiger partial charge < -0.3 is 10.3 Å². The minimum atomic E-state index is -4.02. The highest BCUT2D eigenvalue weighted by Crippen LogP contribution is 2.24. The number of halogens is 1. The number of hydrogen-bond donors (Lipinski definition) is 2. The molecule has 0 atom stereocenters. The first-order chi connectivity index (χ1) is 15.1. The number of thioether (sulfide) groups is 1. The van der Waals surface area contributed by atoms with E-state index in [0.717, 1.165) is 28.0 Å². The maximum Gasteiger partial charge on any atom is 0.270 e. The highest BCUT2D eigenvalue weighted by molar-refractivity contribution is 9.10. The van der Waals surface area contributed by atoms with Crippen LogP contribution in [0.4, 0.5) is 5.69 Å². The van der Waals surface area contributed by atoms with Gasteiger partial charge >= 0.3 is 0 Å². The van der Waals surface area contributed by atoms with E-state index < -0.39 is 20.3 Å². The van der Waals surface area contributed by atoms with E-state index in [1.165, 1.54) is 17.7 Å². The van der Waals surface area contributed by atoms with Gasteiger partial charge in [-0.2, -0.15) is 0 Å². The fraction of sp³-hybridized carbons (Fsp3) is 0.227. The average Bonchev–Trinajstić information content (AvgIpc) is 2.74. The van der Waals surface area contributed by atoms with E-state index in [1.54, 1.807) is 13.0 Å². The molecule has 3 aromatic rings. The van der Waals surface area contributed by atoms with E-state index in [9.17, 15) is 18.0 Å². The van der Waals surface area contributed by atoms with Crippen molar-refractivity contribution in [2.75, 3.05) is 11.1 Å². The van der Waals surface area contributed by atoms with Crippen molar-refractivity contribution in [3.63, 3.8) is 0 Å². The number of nitrogens with one attached hydrogen (secondary N) is 2. The molecule has 7 nitrogen and oxygen atoms in total. The molecule has 0 bridgehead atoms. The van der Waals surface area contributed by atoms with Crippen LogP contribution in [0, 0.1) is 6.92 Å². The molecule has 0 unspecified atom stereocenters. The molecule has 0 aliphatic rings. The van der Waals surface area contributed by atoms with Gasteiger partial charge in [0.2, 0.25) is 15.7 Å². The largest absolute Gasteiger partial charge is 0.325 e. The van der Waals surface area contributed by atoms with Gasteiger partial charge in [-0.3, -0.25) is 9.59 Å². The molecule has 0 aliphatic heterocycles. The molecular weight excluding hydrogens is 514 g/mol. The predicted molar refractivity (Wildman–Crippen MR) is 129 cm³/mol.